The van der Waals surface area contributed by atoms with E-state index in [1.54, 1.807) is 12.4 Å². The molecule has 0 bridgehead atoms. The van der Waals surface area contributed by atoms with Crippen LogP contribution < -0.4 is 5.32 Å². The molecular formula is C14H16BrN3O. The fourth-order valence-electron chi connectivity index (χ4n) is 1.67. The van der Waals surface area contributed by atoms with Gasteiger partial charge in [-0.15, -0.1) is 6.58 Å². The molecular weight excluding hydrogens is 306 g/mol. The Bertz CT molecular complexity index is 559. The van der Waals surface area contributed by atoms with E-state index in [9.17, 15) is 0 Å². The van der Waals surface area contributed by atoms with Crippen molar-refractivity contribution in [1.82, 2.24) is 9.97 Å². The van der Waals surface area contributed by atoms with Gasteiger partial charge >= 0.3 is 0 Å². The second-order valence-corrected chi connectivity index (χ2v) is 4.91. The van der Waals surface area contributed by atoms with Gasteiger partial charge in [-0.2, -0.15) is 0 Å². The van der Waals surface area contributed by atoms with Gasteiger partial charge < -0.3 is 10.1 Å². The number of nitrogens with one attached hydrogen (secondary N) is 1. The molecule has 2 heterocycles. The fourth-order valence-corrected chi connectivity index (χ4v) is 1.99. The van der Waals surface area contributed by atoms with Gasteiger partial charge in [-0.25, -0.2) is 0 Å². The number of ether oxygens (including phenoxy) is 1. The molecule has 2 aromatic rings. The van der Waals surface area contributed by atoms with Crippen LogP contribution >= 0.6 is 15.9 Å². The summed E-state index contributed by atoms with van der Waals surface area (Å²) in [5.74, 6) is 0. The maximum Gasteiger partial charge on any atom is 0.112 e. The number of rotatable bonds is 7. The lowest BCUT2D eigenvalue weighted by Crippen LogP contribution is -2.10. The number of pyridine rings is 2. The molecule has 0 saturated heterocycles. The van der Waals surface area contributed by atoms with Crippen molar-refractivity contribution in [3.05, 3.63) is 41.7 Å². The van der Waals surface area contributed by atoms with Gasteiger partial charge in [0, 0.05) is 23.4 Å². The summed E-state index contributed by atoms with van der Waals surface area (Å²) in [6, 6.07) is 3.88. The average molecular weight is 322 g/mol. The van der Waals surface area contributed by atoms with Gasteiger partial charge in [-0.05, 0) is 34.5 Å². The zero-order valence-corrected chi connectivity index (χ0v) is 12.2. The van der Waals surface area contributed by atoms with Crippen molar-refractivity contribution < 1.29 is 4.74 Å². The molecule has 0 aliphatic carbocycles. The lowest BCUT2D eigenvalue weighted by atomic mass is 10.3. The topological polar surface area (TPSA) is 47.0 Å². The highest BCUT2D eigenvalue weighted by molar-refractivity contribution is 9.10. The molecule has 0 amide bonds. The van der Waals surface area contributed by atoms with Gasteiger partial charge in [0.1, 0.15) is 5.52 Å². The highest BCUT2D eigenvalue weighted by Gasteiger charge is 2.03. The van der Waals surface area contributed by atoms with Crippen molar-refractivity contribution in [3.8, 4) is 0 Å². The van der Waals surface area contributed by atoms with Crippen LogP contribution in [-0.2, 0) is 4.74 Å². The molecule has 1 N–H and O–H groups in total. The van der Waals surface area contributed by atoms with Gasteiger partial charge in [0.05, 0.1) is 24.4 Å². The second-order valence-electron chi connectivity index (χ2n) is 4.00. The molecule has 5 heteroatoms. The normalized spacial score (nSPS) is 10.6. The molecule has 100 valence electrons. The zero-order valence-electron chi connectivity index (χ0n) is 10.6. The third-order valence-electron chi connectivity index (χ3n) is 2.57. The minimum Gasteiger partial charge on any atom is -0.381 e. The van der Waals surface area contributed by atoms with E-state index in [1.807, 2.05) is 18.2 Å². The average Bonchev–Trinajstić information content (AvgIpc) is 2.42. The number of aromatic nitrogens is 2. The zero-order chi connectivity index (χ0) is 13.5. The van der Waals surface area contributed by atoms with Crippen LogP contribution in [0.3, 0.4) is 0 Å². The molecule has 0 fully saturated rings. The predicted octanol–water partition coefficient (Wildman–Crippen LogP) is 3.40. The molecule has 0 unspecified atom stereocenters. The Morgan fingerprint density at radius 3 is 3.11 bits per heavy atom. The van der Waals surface area contributed by atoms with Gasteiger partial charge in [0.15, 0.2) is 0 Å². The van der Waals surface area contributed by atoms with Crippen LogP contribution in [0.25, 0.3) is 11.0 Å². The minimum atomic E-state index is 0.661. The van der Waals surface area contributed by atoms with E-state index in [-0.39, 0.29) is 0 Å². The van der Waals surface area contributed by atoms with E-state index < -0.39 is 0 Å². The smallest absolute Gasteiger partial charge is 0.112 e. The lowest BCUT2D eigenvalue weighted by molar-refractivity contribution is 0.149. The molecule has 0 atom stereocenters. The van der Waals surface area contributed by atoms with Crippen LogP contribution in [0.4, 0.5) is 5.69 Å². The molecule has 0 aliphatic heterocycles. The highest BCUT2D eigenvalue weighted by atomic mass is 79.9. The van der Waals surface area contributed by atoms with Crippen LogP contribution in [0, 0.1) is 0 Å². The number of halogens is 1. The Morgan fingerprint density at radius 2 is 2.26 bits per heavy atom. The first-order valence-electron chi connectivity index (χ1n) is 6.14. The summed E-state index contributed by atoms with van der Waals surface area (Å²) in [4.78, 5) is 8.68. The van der Waals surface area contributed by atoms with Crippen LogP contribution in [0.5, 0.6) is 0 Å². The maximum absolute atomic E-state index is 5.45. The number of hydrogen-bond acceptors (Lipinski definition) is 4. The summed E-state index contributed by atoms with van der Waals surface area (Å²) in [5, 5.41) is 3.32. The summed E-state index contributed by atoms with van der Waals surface area (Å²) in [7, 11) is 0. The maximum atomic E-state index is 5.45. The van der Waals surface area contributed by atoms with Gasteiger partial charge in [0.2, 0.25) is 0 Å². The molecule has 0 aromatic carbocycles. The summed E-state index contributed by atoms with van der Waals surface area (Å²) in [5.41, 5.74) is 2.72. The Kier molecular flexibility index (Phi) is 5.30. The summed E-state index contributed by atoms with van der Waals surface area (Å²) >= 11 is 3.39. The highest BCUT2D eigenvalue weighted by Crippen LogP contribution is 2.21. The van der Waals surface area contributed by atoms with Crippen LogP contribution in [0.15, 0.2) is 41.7 Å². The first-order valence-corrected chi connectivity index (χ1v) is 6.93. The summed E-state index contributed by atoms with van der Waals surface area (Å²) in [6.07, 6.45) is 6.28. The van der Waals surface area contributed by atoms with Crippen molar-refractivity contribution >= 4 is 32.7 Å². The third kappa shape index (κ3) is 4.01. The Morgan fingerprint density at radius 1 is 1.37 bits per heavy atom. The van der Waals surface area contributed by atoms with E-state index in [1.165, 1.54) is 0 Å². The summed E-state index contributed by atoms with van der Waals surface area (Å²) < 4.78 is 6.38. The Labute approximate surface area is 121 Å². The van der Waals surface area contributed by atoms with Gasteiger partial charge in [-0.3, -0.25) is 9.97 Å². The van der Waals surface area contributed by atoms with Crippen LogP contribution in [-0.4, -0.2) is 29.7 Å². The molecule has 2 aromatic heterocycles. The Balaban J connectivity index is 1.95. The second kappa shape index (κ2) is 7.21. The third-order valence-corrected chi connectivity index (χ3v) is 3.01. The van der Waals surface area contributed by atoms with E-state index in [2.05, 4.69) is 37.8 Å². The number of nitrogens with zero attached hydrogens (tertiary/aromatic N) is 2. The van der Waals surface area contributed by atoms with Crippen molar-refractivity contribution in [2.45, 2.75) is 6.42 Å². The SMILES string of the molecule is C=CCCOCCNc1ccnc2cc(Br)cnc12. The van der Waals surface area contributed by atoms with E-state index in [0.717, 1.165) is 34.2 Å². The molecule has 2 rings (SSSR count). The number of hydrogen-bond donors (Lipinski definition) is 1. The summed E-state index contributed by atoms with van der Waals surface area (Å²) in [6.45, 7) is 5.77. The largest absolute Gasteiger partial charge is 0.381 e. The first-order chi connectivity index (χ1) is 9.31. The van der Waals surface area contributed by atoms with Crippen molar-refractivity contribution in [1.29, 1.82) is 0 Å². The molecule has 19 heavy (non-hydrogen) atoms. The first kappa shape index (κ1) is 14.0. The molecule has 0 saturated carbocycles. The number of anilines is 1. The van der Waals surface area contributed by atoms with E-state index in [4.69, 9.17) is 4.74 Å². The van der Waals surface area contributed by atoms with E-state index in [0.29, 0.717) is 13.2 Å². The standard InChI is InChI=1S/C14H16BrN3O/c1-2-3-7-19-8-6-17-12-4-5-16-13-9-11(15)10-18-14(12)13/h2,4-5,9-10H,1,3,6-8H2,(H,16,17). The van der Waals surface area contributed by atoms with Crippen molar-refractivity contribution in [3.63, 3.8) is 0 Å². The van der Waals surface area contributed by atoms with Gasteiger partial charge in [-0.1, -0.05) is 6.08 Å². The minimum absolute atomic E-state index is 0.661. The molecule has 0 spiro atoms. The molecule has 0 radical (unpaired) electrons. The molecule has 0 aliphatic rings. The van der Waals surface area contributed by atoms with Crippen LogP contribution in [0.1, 0.15) is 6.42 Å². The number of fused-ring (bicyclic) bond motifs is 1. The predicted molar refractivity (Wildman–Crippen MR) is 81.4 cm³/mol. The lowest BCUT2D eigenvalue weighted by Gasteiger charge is -2.09. The Hall–Kier alpha value is -1.46. The monoisotopic (exact) mass is 321 g/mol. The molecule has 4 nitrogen and oxygen atoms in total. The van der Waals surface area contributed by atoms with Gasteiger partial charge in [0.25, 0.3) is 0 Å². The fraction of sp³-hybridized carbons (Fsp3) is 0.286. The van der Waals surface area contributed by atoms with Crippen LogP contribution in [0.2, 0.25) is 0 Å². The van der Waals surface area contributed by atoms with Crippen molar-refractivity contribution in [2.24, 2.45) is 0 Å². The quantitative estimate of drug-likeness (QED) is 0.627. The van der Waals surface area contributed by atoms with Crippen molar-refractivity contribution in [2.75, 3.05) is 25.1 Å². The van der Waals surface area contributed by atoms with E-state index >= 15 is 0 Å².